The quantitative estimate of drug-likeness (QED) is 0.764. The fourth-order valence-corrected chi connectivity index (χ4v) is 4.99. The van der Waals surface area contributed by atoms with Crippen molar-refractivity contribution in [3.05, 3.63) is 30.0 Å². The van der Waals surface area contributed by atoms with Crippen molar-refractivity contribution in [1.29, 1.82) is 0 Å². The molecule has 0 spiro atoms. The van der Waals surface area contributed by atoms with Crippen LogP contribution in [0.2, 0.25) is 0 Å². The number of ether oxygens (including phenoxy) is 2. The lowest BCUT2D eigenvalue weighted by molar-refractivity contribution is 0.296. The maximum Gasteiger partial charge on any atom is 0.243 e. The molecule has 0 saturated carbocycles. The molecule has 9 nitrogen and oxygen atoms in total. The summed E-state index contributed by atoms with van der Waals surface area (Å²) < 4.78 is 39.1. The zero-order valence-electron chi connectivity index (χ0n) is 17.3. The molecule has 0 atom stereocenters. The monoisotopic (exact) mass is 433 g/mol. The molecule has 10 heteroatoms. The zero-order valence-corrected chi connectivity index (χ0v) is 18.1. The first-order valence-electron chi connectivity index (χ1n) is 10.2. The van der Waals surface area contributed by atoms with E-state index in [0.29, 0.717) is 56.8 Å². The molecule has 2 aliphatic heterocycles. The third-order valence-electron chi connectivity index (χ3n) is 5.08. The molecule has 1 N–H and O–H groups in total. The van der Waals surface area contributed by atoms with E-state index in [1.165, 1.54) is 4.31 Å². The topological polar surface area (TPSA) is 96.9 Å². The van der Waals surface area contributed by atoms with Gasteiger partial charge in [0.1, 0.15) is 5.82 Å². The number of hydrogen-bond donors (Lipinski definition) is 1. The Balaban J connectivity index is 1.48. The van der Waals surface area contributed by atoms with Crippen LogP contribution in [0.25, 0.3) is 0 Å². The summed E-state index contributed by atoms with van der Waals surface area (Å²) in [7, 11) is -3.62. The molecule has 1 fully saturated rings. The van der Waals surface area contributed by atoms with Crippen molar-refractivity contribution >= 4 is 21.8 Å². The second-order valence-electron chi connectivity index (χ2n) is 7.28. The van der Waals surface area contributed by atoms with E-state index in [9.17, 15) is 8.42 Å². The van der Waals surface area contributed by atoms with Gasteiger partial charge in [0.2, 0.25) is 16.0 Å². The molecule has 0 bridgehead atoms. The molecule has 0 amide bonds. The third-order valence-corrected chi connectivity index (χ3v) is 6.97. The van der Waals surface area contributed by atoms with Gasteiger partial charge in [0, 0.05) is 57.0 Å². The highest BCUT2D eigenvalue weighted by Gasteiger charge is 2.30. The van der Waals surface area contributed by atoms with Crippen LogP contribution in [0, 0.1) is 6.92 Å². The number of nitrogens with one attached hydrogen (secondary N) is 1. The minimum atomic E-state index is -3.62. The van der Waals surface area contributed by atoms with Crippen LogP contribution in [0.3, 0.4) is 0 Å². The minimum Gasteiger partial charge on any atom is -0.490 e. The van der Waals surface area contributed by atoms with Crippen molar-refractivity contribution in [3.8, 4) is 11.5 Å². The van der Waals surface area contributed by atoms with Gasteiger partial charge < -0.3 is 19.7 Å². The number of sulfonamides is 1. The first-order valence-corrected chi connectivity index (χ1v) is 11.7. The van der Waals surface area contributed by atoms with Crippen LogP contribution >= 0.6 is 0 Å². The maximum atomic E-state index is 13.2. The second-order valence-corrected chi connectivity index (χ2v) is 9.21. The third kappa shape index (κ3) is 4.29. The summed E-state index contributed by atoms with van der Waals surface area (Å²) in [6, 6.07) is 6.72. The molecule has 30 heavy (non-hydrogen) atoms. The van der Waals surface area contributed by atoms with Gasteiger partial charge in [-0.25, -0.2) is 13.4 Å². The van der Waals surface area contributed by atoms with E-state index in [2.05, 4.69) is 15.3 Å². The predicted molar refractivity (Wildman–Crippen MR) is 114 cm³/mol. The lowest BCUT2D eigenvalue weighted by Crippen LogP contribution is -2.49. The summed E-state index contributed by atoms with van der Waals surface area (Å²) in [4.78, 5) is 11.3. The smallest absolute Gasteiger partial charge is 0.243 e. The first kappa shape index (κ1) is 20.7. The van der Waals surface area contributed by atoms with E-state index < -0.39 is 10.0 Å². The molecule has 0 aliphatic carbocycles. The molecule has 0 unspecified atom stereocenters. The first-order chi connectivity index (χ1) is 14.5. The van der Waals surface area contributed by atoms with Crippen LogP contribution in [0.4, 0.5) is 11.8 Å². The standard InChI is InChI=1S/C20H27N5O4S/c1-3-21-19-13-15(2)22-20(23-19)24-7-9-25(10-8-24)30(26,27)16-5-6-17-18(14-16)29-12-4-11-28-17/h5-6,13-14H,3-4,7-12H2,1-2H3,(H,21,22,23). The van der Waals surface area contributed by atoms with Crippen molar-refractivity contribution in [1.82, 2.24) is 14.3 Å². The van der Waals surface area contributed by atoms with Gasteiger partial charge in [-0.05, 0) is 26.0 Å². The Morgan fingerprint density at radius 2 is 1.77 bits per heavy atom. The van der Waals surface area contributed by atoms with Crippen LogP contribution in [0.15, 0.2) is 29.2 Å². The lowest BCUT2D eigenvalue weighted by Gasteiger charge is -2.34. The van der Waals surface area contributed by atoms with Gasteiger partial charge >= 0.3 is 0 Å². The second kappa shape index (κ2) is 8.65. The highest BCUT2D eigenvalue weighted by atomic mass is 32.2. The Bertz CT molecular complexity index is 1010. The lowest BCUT2D eigenvalue weighted by atomic mass is 10.3. The molecule has 1 aromatic heterocycles. The van der Waals surface area contributed by atoms with E-state index in [-0.39, 0.29) is 4.90 Å². The van der Waals surface area contributed by atoms with Gasteiger partial charge in [0.15, 0.2) is 11.5 Å². The largest absolute Gasteiger partial charge is 0.490 e. The normalized spacial score (nSPS) is 17.5. The van der Waals surface area contributed by atoms with Crippen LogP contribution < -0.4 is 19.7 Å². The average Bonchev–Trinajstić information content (AvgIpc) is 2.98. The molecule has 3 heterocycles. The Labute approximate surface area is 177 Å². The fourth-order valence-electron chi connectivity index (χ4n) is 3.55. The molecule has 0 radical (unpaired) electrons. The Morgan fingerprint density at radius 3 is 2.50 bits per heavy atom. The maximum absolute atomic E-state index is 13.2. The number of benzene rings is 1. The van der Waals surface area contributed by atoms with E-state index in [1.807, 2.05) is 24.8 Å². The molecular weight excluding hydrogens is 406 g/mol. The highest BCUT2D eigenvalue weighted by Crippen LogP contribution is 2.33. The Kier molecular flexibility index (Phi) is 5.96. The summed E-state index contributed by atoms with van der Waals surface area (Å²) in [5, 5.41) is 3.21. The van der Waals surface area contributed by atoms with E-state index >= 15 is 0 Å². The number of nitrogens with zero attached hydrogens (tertiary/aromatic N) is 4. The van der Waals surface area contributed by atoms with Gasteiger partial charge in [-0.1, -0.05) is 0 Å². The van der Waals surface area contributed by atoms with E-state index in [4.69, 9.17) is 9.47 Å². The summed E-state index contributed by atoms with van der Waals surface area (Å²) in [5.41, 5.74) is 0.873. The molecule has 4 rings (SSSR count). The van der Waals surface area contributed by atoms with Crippen molar-refractivity contribution in [2.45, 2.75) is 25.2 Å². The average molecular weight is 434 g/mol. The fraction of sp³-hybridized carbons (Fsp3) is 0.500. The summed E-state index contributed by atoms with van der Waals surface area (Å²) >= 11 is 0. The molecule has 1 aromatic carbocycles. The number of anilines is 2. The van der Waals surface area contributed by atoms with E-state index in [0.717, 1.165) is 24.5 Å². The summed E-state index contributed by atoms with van der Waals surface area (Å²) in [6.45, 7) is 7.58. The van der Waals surface area contributed by atoms with Gasteiger partial charge in [0.05, 0.1) is 18.1 Å². The molecule has 162 valence electrons. The van der Waals surface area contributed by atoms with Crippen LogP contribution in [-0.2, 0) is 10.0 Å². The SMILES string of the molecule is CCNc1cc(C)nc(N2CCN(S(=O)(=O)c3ccc4c(c3)OCCCO4)CC2)n1. The van der Waals surface area contributed by atoms with Gasteiger partial charge in [-0.2, -0.15) is 9.29 Å². The van der Waals surface area contributed by atoms with Crippen molar-refractivity contribution in [2.75, 3.05) is 56.2 Å². The number of aryl methyl sites for hydroxylation is 1. The number of hydrogen-bond acceptors (Lipinski definition) is 8. The summed E-state index contributed by atoms with van der Waals surface area (Å²) in [6.07, 6.45) is 0.773. The van der Waals surface area contributed by atoms with E-state index in [1.54, 1.807) is 18.2 Å². The Hall–Kier alpha value is -2.59. The Morgan fingerprint density at radius 1 is 1.03 bits per heavy atom. The van der Waals surface area contributed by atoms with Crippen molar-refractivity contribution < 1.29 is 17.9 Å². The van der Waals surface area contributed by atoms with Gasteiger partial charge in [-0.15, -0.1) is 0 Å². The van der Waals surface area contributed by atoms with Gasteiger partial charge in [0.25, 0.3) is 0 Å². The van der Waals surface area contributed by atoms with Crippen molar-refractivity contribution in [2.24, 2.45) is 0 Å². The number of piperazine rings is 1. The molecule has 2 aromatic rings. The number of rotatable bonds is 5. The number of aromatic nitrogens is 2. The van der Waals surface area contributed by atoms with Crippen LogP contribution in [0.1, 0.15) is 19.0 Å². The minimum absolute atomic E-state index is 0.224. The van der Waals surface area contributed by atoms with Crippen LogP contribution in [0.5, 0.6) is 11.5 Å². The molecule has 1 saturated heterocycles. The summed E-state index contributed by atoms with van der Waals surface area (Å²) in [5.74, 6) is 2.47. The predicted octanol–water partition coefficient (Wildman–Crippen LogP) is 1.89. The van der Waals surface area contributed by atoms with Crippen molar-refractivity contribution in [3.63, 3.8) is 0 Å². The molecular formula is C20H27N5O4S. The van der Waals surface area contributed by atoms with Crippen LogP contribution in [-0.4, -0.2) is 68.6 Å². The molecule has 2 aliphatic rings. The highest BCUT2D eigenvalue weighted by molar-refractivity contribution is 7.89. The zero-order chi connectivity index (χ0) is 21.1. The number of fused-ring (bicyclic) bond motifs is 1. The van der Waals surface area contributed by atoms with Gasteiger partial charge in [-0.3, -0.25) is 0 Å².